The van der Waals surface area contributed by atoms with E-state index < -0.39 is 9.84 Å². The van der Waals surface area contributed by atoms with Crippen molar-refractivity contribution in [1.29, 1.82) is 0 Å². The van der Waals surface area contributed by atoms with Gasteiger partial charge >= 0.3 is 0 Å². The normalized spacial score (nSPS) is 15.0. The molecule has 1 saturated carbocycles. The van der Waals surface area contributed by atoms with Crippen molar-refractivity contribution in [3.63, 3.8) is 0 Å². The van der Waals surface area contributed by atoms with Crippen molar-refractivity contribution in [2.45, 2.75) is 30.7 Å². The molecule has 2 aromatic carbocycles. The van der Waals surface area contributed by atoms with Crippen molar-refractivity contribution in [2.75, 3.05) is 31.5 Å². The molecule has 1 unspecified atom stereocenters. The number of rotatable bonds is 9. The zero-order chi connectivity index (χ0) is 21.0. The number of methoxy groups -OCH3 is 2. The number of ether oxygens (including phenoxy) is 2. The molecule has 0 spiro atoms. The molecule has 1 atom stereocenters. The summed E-state index contributed by atoms with van der Waals surface area (Å²) in [7, 11) is -0.360. The highest BCUT2D eigenvalue weighted by Gasteiger charge is 2.35. The van der Waals surface area contributed by atoms with E-state index in [1.165, 1.54) is 19.2 Å². The molecule has 0 N–H and O–H groups in total. The summed E-state index contributed by atoms with van der Waals surface area (Å²) < 4.78 is 34.7. The van der Waals surface area contributed by atoms with Gasteiger partial charge in [0, 0.05) is 24.4 Å². The Hall–Kier alpha value is -2.38. The first-order chi connectivity index (χ1) is 13.9. The topological polar surface area (TPSA) is 72.9 Å². The van der Waals surface area contributed by atoms with E-state index in [2.05, 4.69) is 6.92 Å². The maximum Gasteiger partial charge on any atom is 0.258 e. The van der Waals surface area contributed by atoms with Gasteiger partial charge in [0.15, 0.2) is 9.84 Å². The van der Waals surface area contributed by atoms with E-state index in [9.17, 15) is 13.2 Å². The molecule has 1 aliphatic rings. The van der Waals surface area contributed by atoms with Crippen LogP contribution in [0.1, 0.15) is 30.1 Å². The Morgan fingerprint density at radius 3 is 2.21 bits per heavy atom. The summed E-state index contributed by atoms with van der Waals surface area (Å²) in [6.07, 6.45) is 2.22. The van der Waals surface area contributed by atoms with Crippen molar-refractivity contribution in [3.05, 3.63) is 54.1 Å². The van der Waals surface area contributed by atoms with Crippen LogP contribution in [-0.2, 0) is 14.6 Å². The highest BCUT2D eigenvalue weighted by Crippen LogP contribution is 2.38. The molecule has 2 aromatic rings. The van der Waals surface area contributed by atoms with Gasteiger partial charge in [-0.25, -0.2) is 8.42 Å². The van der Waals surface area contributed by atoms with Gasteiger partial charge in [0.05, 0.1) is 24.4 Å². The second-order valence-electron chi connectivity index (χ2n) is 7.29. The van der Waals surface area contributed by atoms with Crippen LogP contribution in [0.15, 0.2) is 53.4 Å². The number of nitrogens with zero attached hydrogens (tertiary/aromatic N) is 1. The number of benzene rings is 2. The minimum Gasteiger partial charge on any atom is -0.497 e. The first-order valence-corrected chi connectivity index (χ1v) is 11.3. The summed E-state index contributed by atoms with van der Waals surface area (Å²) in [6, 6.07) is 13.6. The van der Waals surface area contributed by atoms with Crippen LogP contribution in [-0.4, -0.2) is 46.9 Å². The standard InChI is InChI=1S/C22H27NO5S/c1-16(17-4-5-17)23(19-8-10-20(28-3)11-9-19)22(24)18-6-12-21(13-7-18)29(25,26)15-14-27-2/h6-13,16-17H,4-5,14-15H2,1-3H3. The van der Waals surface area contributed by atoms with Gasteiger partial charge in [-0.3, -0.25) is 4.79 Å². The van der Waals surface area contributed by atoms with Crippen molar-refractivity contribution in [1.82, 2.24) is 0 Å². The Kier molecular flexibility index (Phi) is 6.59. The quantitative estimate of drug-likeness (QED) is 0.624. The van der Waals surface area contributed by atoms with Crippen molar-refractivity contribution in [2.24, 2.45) is 5.92 Å². The number of amides is 1. The van der Waals surface area contributed by atoms with Gasteiger partial charge in [-0.2, -0.15) is 0 Å². The fourth-order valence-electron chi connectivity index (χ4n) is 3.32. The Bertz CT molecular complexity index is 934. The Balaban J connectivity index is 1.87. The largest absolute Gasteiger partial charge is 0.497 e. The number of hydrogen-bond acceptors (Lipinski definition) is 5. The van der Waals surface area contributed by atoms with Crippen LogP contribution in [0, 0.1) is 5.92 Å². The van der Waals surface area contributed by atoms with Gasteiger partial charge < -0.3 is 14.4 Å². The lowest BCUT2D eigenvalue weighted by Crippen LogP contribution is -2.40. The number of hydrogen-bond donors (Lipinski definition) is 0. The van der Waals surface area contributed by atoms with Crippen LogP contribution >= 0.6 is 0 Å². The van der Waals surface area contributed by atoms with Gasteiger partial charge in [0.1, 0.15) is 5.75 Å². The lowest BCUT2D eigenvalue weighted by Gasteiger charge is -2.30. The molecule has 1 fully saturated rings. The third-order valence-electron chi connectivity index (χ3n) is 5.30. The SMILES string of the molecule is COCCS(=O)(=O)c1ccc(C(=O)N(c2ccc(OC)cc2)C(C)C2CC2)cc1. The van der Waals surface area contributed by atoms with E-state index in [0.29, 0.717) is 11.5 Å². The summed E-state index contributed by atoms with van der Waals surface area (Å²) in [5, 5.41) is 0. The van der Waals surface area contributed by atoms with Crippen LogP contribution in [0.5, 0.6) is 5.75 Å². The molecule has 0 aromatic heterocycles. The number of carbonyl (C=O) groups excluding carboxylic acids is 1. The van der Waals surface area contributed by atoms with Crippen LogP contribution in [0.3, 0.4) is 0 Å². The fraction of sp³-hybridized carbons (Fsp3) is 0.409. The van der Waals surface area contributed by atoms with E-state index in [1.807, 2.05) is 24.3 Å². The van der Waals surface area contributed by atoms with Crippen LogP contribution in [0.2, 0.25) is 0 Å². The molecule has 1 aliphatic carbocycles. The smallest absolute Gasteiger partial charge is 0.258 e. The van der Waals surface area contributed by atoms with Crippen LogP contribution in [0.25, 0.3) is 0 Å². The van der Waals surface area contributed by atoms with Gasteiger partial charge in [0.2, 0.25) is 0 Å². The second-order valence-corrected chi connectivity index (χ2v) is 9.40. The molecule has 0 heterocycles. The number of sulfone groups is 1. The average molecular weight is 418 g/mol. The van der Waals surface area contributed by atoms with Crippen molar-refractivity contribution >= 4 is 21.4 Å². The maximum atomic E-state index is 13.3. The highest BCUT2D eigenvalue weighted by molar-refractivity contribution is 7.91. The third kappa shape index (κ3) is 4.97. The summed E-state index contributed by atoms with van der Waals surface area (Å²) in [4.78, 5) is 15.3. The van der Waals surface area contributed by atoms with Gasteiger partial charge in [-0.05, 0) is 74.2 Å². The molecule has 0 aliphatic heterocycles. The Morgan fingerprint density at radius 1 is 1.07 bits per heavy atom. The third-order valence-corrected chi connectivity index (χ3v) is 6.99. The molecule has 29 heavy (non-hydrogen) atoms. The van der Waals surface area contributed by atoms with E-state index in [1.54, 1.807) is 24.1 Å². The molecule has 3 rings (SSSR count). The minimum absolute atomic E-state index is 0.0565. The Labute approximate surface area is 172 Å². The molecule has 0 radical (unpaired) electrons. The van der Waals surface area contributed by atoms with Gasteiger partial charge in [0.25, 0.3) is 5.91 Å². The first-order valence-electron chi connectivity index (χ1n) is 9.66. The predicted molar refractivity (Wildman–Crippen MR) is 112 cm³/mol. The van der Waals surface area contributed by atoms with Crippen molar-refractivity contribution < 1.29 is 22.7 Å². The van der Waals surface area contributed by atoms with Gasteiger partial charge in [-0.15, -0.1) is 0 Å². The molecule has 0 saturated heterocycles. The first kappa shape index (κ1) is 21.3. The molecule has 7 heteroatoms. The minimum atomic E-state index is -3.43. The monoisotopic (exact) mass is 417 g/mol. The van der Waals surface area contributed by atoms with Gasteiger partial charge in [-0.1, -0.05) is 0 Å². The fourth-order valence-corrected chi connectivity index (χ4v) is 4.50. The molecule has 6 nitrogen and oxygen atoms in total. The predicted octanol–water partition coefficient (Wildman–Crippen LogP) is 3.56. The molecular formula is C22H27NO5S. The van der Waals surface area contributed by atoms with E-state index in [4.69, 9.17) is 9.47 Å². The average Bonchev–Trinajstić information content (AvgIpc) is 3.58. The lowest BCUT2D eigenvalue weighted by atomic mass is 10.1. The van der Waals surface area contributed by atoms with Crippen molar-refractivity contribution in [3.8, 4) is 5.75 Å². The summed E-state index contributed by atoms with van der Waals surface area (Å²) in [5.41, 5.74) is 1.26. The number of carbonyl (C=O) groups is 1. The summed E-state index contributed by atoms with van der Waals surface area (Å²) >= 11 is 0. The molecule has 1 amide bonds. The van der Waals surface area contributed by atoms with E-state index in [-0.39, 0.29) is 29.2 Å². The van der Waals surface area contributed by atoms with Crippen LogP contribution in [0.4, 0.5) is 5.69 Å². The van der Waals surface area contributed by atoms with E-state index >= 15 is 0 Å². The Morgan fingerprint density at radius 2 is 1.69 bits per heavy atom. The summed E-state index contributed by atoms with van der Waals surface area (Å²) in [5.74, 6) is 0.976. The molecule has 156 valence electrons. The number of anilines is 1. The second kappa shape index (κ2) is 8.97. The van der Waals surface area contributed by atoms with Crippen LogP contribution < -0.4 is 9.64 Å². The summed E-state index contributed by atoms with van der Waals surface area (Å²) in [6.45, 7) is 2.19. The highest BCUT2D eigenvalue weighted by atomic mass is 32.2. The lowest BCUT2D eigenvalue weighted by molar-refractivity contribution is 0.0975. The molecule has 0 bridgehead atoms. The zero-order valence-electron chi connectivity index (χ0n) is 17.0. The van der Waals surface area contributed by atoms with E-state index in [0.717, 1.165) is 24.3 Å². The molecular weight excluding hydrogens is 390 g/mol. The maximum absolute atomic E-state index is 13.3. The zero-order valence-corrected chi connectivity index (χ0v) is 17.8.